The molecule has 2 aromatic carbocycles. The fourth-order valence-corrected chi connectivity index (χ4v) is 4.13. The van der Waals surface area contributed by atoms with Crippen molar-refractivity contribution in [2.75, 3.05) is 4.72 Å². The van der Waals surface area contributed by atoms with Crippen LogP contribution in [0.4, 0.5) is 5.69 Å². The topological polar surface area (TPSA) is 116 Å². The van der Waals surface area contributed by atoms with Gasteiger partial charge in [-0.1, -0.05) is 11.6 Å². The van der Waals surface area contributed by atoms with Crippen LogP contribution in [-0.2, 0) is 10.0 Å². The fraction of sp³-hybridized carbons (Fsp3) is 0. The van der Waals surface area contributed by atoms with Crippen LogP contribution in [0, 0.1) is 5.21 Å². The second kappa shape index (κ2) is 8.21. The van der Waals surface area contributed by atoms with Gasteiger partial charge >= 0.3 is 0 Å². The minimum atomic E-state index is -4.00. The Balaban J connectivity index is 1.65. The molecular weight excluding hydrogens is 442 g/mol. The molecule has 31 heavy (non-hydrogen) atoms. The molecular formula is C21H14ClN3O5S. The number of hydrogen-bond acceptors (Lipinski definition) is 6. The van der Waals surface area contributed by atoms with Crippen molar-refractivity contribution in [3.8, 4) is 11.3 Å². The minimum absolute atomic E-state index is 0.00350. The number of oxazole rings is 1. The SMILES string of the molecule is O=C(c1cc[n+]([O-])cc1)c1cc(Cl)ccc1NS(=O)(=O)c1ccc(-c2cnco2)cc1. The second-order valence-corrected chi connectivity index (χ2v) is 8.58. The highest BCUT2D eigenvalue weighted by molar-refractivity contribution is 7.92. The maximum Gasteiger partial charge on any atom is 0.261 e. The zero-order valence-electron chi connectivity index (χ0n) is 15.7. The Bertz CT molecular complexity index is 1340. The largest absolute Gasteiger partial charge is 0.619 e. The second-order valence-electron chi connectivity index (χ2n) is 6.46. The van der Waals surface area contributed by atoms with E-state index < -0.39 is 15.8 Å². The summed E-state index contributed by atoms with van der Waals surface area (Å²) in [5.74, 6) is 0.0196. The third-order valence-electron chi connectivity index (χ3n) is 4.42. The van der Waals surface area contributed by atoms with Gasteiger partial charge in [-0.05, 0) is 42.5 Å². The number of ketones is 1. The van der Waals surface area contributed by atoms with Gasteiger partial charge in [0, 0.05) is 33.8 Å². The minimum Gasteiger partial charge on any atom is -0.619 e. The zero-order valence-corrected chi connectivity index (χ0v) is 17.3. The van der Waals surface area contributed by atoms with E-state index in [4.69, 9.17) is 16.0 Å². The number of carbonyl (C=O) groups is 1. The molecule has 8 nitrogen and oxygen atoms in total. The van der Waals surface area contributed by atoms with Crippen molar-refractivity contribution in [3.05, 3.63) is 101 Å². The maximum absolute atomic E-state index is 12.9. The third-order valence-corrected chi connectivity index (χ3v) is 6.03. The summed E-state index contributed by atoms with van der Waals surface area (Å²) in [5, 5.41) is 11.5. The average molecular weight is 456 g/mol. The van der Waals surface area contributed by atoms with Crippen molar-refractivity contribution < 1.29 is 22.4 Å². The molecule has 1 N–H and O–H groups in total. The van der Waals surface area contributed by atoms with Gasteiger partial charge in [0.25, 0.3) is 10.0 Å². The first kappa shape index (κ1) is 20.6. The lowest BCUT2D eigenvalue weighted by Gasteiger charge is -2.13. The highest BCUT2D eigenvalue weighted by atomic mass is 35.5. The monoisotopic (exact) mass is 455 g/mol. The summed E-state index contributed by atoms with van der Waals surface area (Å²) < 4.78 is 34.0. The van der Waals surface area contributed by atoms with Crippen molar-refractivity contribution in [1.29, 1.82) is 0 Å². The van der Waals surface area contributed by atoms with Crippen molar-refractivity contribution in [3.63, 3.8) is 0 Å². The summed E-state index contributed by atoms with van der Waals surface area (Å²) in [7, 11) is -4.00. The molecule has 0 aliphatic heterocycles. The van der Waals surface area contributed by atoms with Crippen LogP contribution in [0.15, 0.2) is 88.9 Å². The summed E-state index contributed by atoms with van der Waals surface area (Å²) in [6.45, 7) is 0. The molecule has 0 saturated carbocycles. The Labute approximate surface area is 182 Å². The van der Waals surface area contributed by atoms with Crippen LogP contribution in [0.2, 0.25) is 5.02 Å². The summed E-state index contributed by atoms with van der Waals surface area (Å²) in [5.41, 5.74) is 0.996. The van der Waals surface area contributed by atoms with Gasteiger partial charge in [-0.15, -0.1) is 0 Å². The van der Waals surface area contributed by atoms with Crippen molar-refractivity contribution >= 4 is 33.1 Å². The molecule has 4 aromatic rings. The molecule has 0 bridgehead atoms. The Morgan fingerprint density at radius 3 is 2.42 bits per heavy atom. The van der Waals surface area contributed by atoms with Crippen molar-refractivity contribution in [2.24, 2.45) is 0 Å². The van der Waals surface area contributed by atoms with E-state index in [2.05, 4.69) is 9.71 Å². The van der Waals surface area contributed by atoms with Gasteiger partial charge < -0.3 is 9.62 Å². The van der Waals surface area contributed by atoms with E-state index in [0.717, 1.165) is 0 Å². The van der Waals surface area contributed by atoms with Crippen LogP contribution < -0.4 is 9.45 Å². The van der Waals surface area contributed by atoms with Gasteiger partial charge in [-0.2, -0.15) is 4.73 Å². The van der Waals surface area contributed by atoms with E-state index in [9.17, 15) is 18.4 Å². The quantitative estimate of drug-likeness (QED) is 0.269. The number of sulfonamides is 1. The number of rotatable bonds is 6. The van der Waals surface area contributed by atoms with Gasteiger partial charge in [0.05, 0.1) is 16.8 Å². The van der Waals surface area contributed by atoms with Crippen LogP contribution in [0.25, 0.3) is 11.3 Å². The molecule has 0 aliphatic rings. The number of halogens is 1. The molecule has 2 heterocycles. The summed E-state index contributed by atoms with van der Waals surface area (Å²) in [6.07, 6.45) is 5.16. The Morgan fingerprint density at radius 1 is 1.06 bits per heavy atom. The highest BCUT2D eigenvalue weighted by Crippen LogP contribution is 2.27. The van der Waals surface area contributed by atoms with E-state index in [1.54, 1.807) is 12.1 Å². The number of nitrogens with zero attached hydrogens (tertiary/aromatic N) is 2. The first-order valence-corrected chi connectivity index (χ1v) is 10.7. The Morgan fingerprint density at radius 2 is 1.77 bits per heavy atom. The van der Waals surface area contributed by atoms with E-state index in [1.165, 1.54) is 67.4 Å². The van der Waals surface area contributed by atoms with Gasteiger partial charge in [-0.3, -0.25) is 9.52 Å². The predicted molar refractivity (Wildman–Crippen MR) is 113 cm³/mol. The average Bonchev–Trinajstić information content (AvgIpc) is 3.30. The van der Waals surface area contributed by atoms with Crippen molar-refractivity contribution in [2.45, 2.75) is 4.90 Å². The highest BCUT2D eigenvalue weighted by Gasteiger charge is 2.21. The number of anilines is 1. The first-order valence-electron chi connectivity index (χ1n) is 8.88. The molecule has 4 rings (SSSR count). The predicted octanol–water partition coefficient (Wildman–Crippen LogP) is 3.66. The van der Waals surface area contributed by atoms with Gasteiger partial charge in [0.15, 0.2) is 30.3 Å². The molecule has 0 atom stereocenters. The number of benzene rings is 2. The van der Waals surface area contributed by atoms with Gasteiger partial charge in [0.2, 0.25) is 0 Å². The Kier molecular flexibility index (Phi) is 5.45. The first-order chi connectivity index (χ1) is 14.8. The van der Waals surface area contributed by atoms with Gasteiger partial charge in [0.1, 0.15) is 0 Å². The normalized spacial score (nSPS) is 11.3. The lowest BCUT2D eigenvalue weighted by molar-refractivity contribution is -0.605. The van der Waals surface area contributed by atoms with Crippen LogP contribution in [0.1, 0.15) is 15.9 Å². The summed E-state index contributed by atoms with van der Waals surface area (Å²) in [6, 6.07) is 13.0. The molecule has 0 fully saturated rings. The number of nitrogens with one attached hydrogen (secondary N) is 1. The summed E-state index contributed by atoms with van der Waals surface area (Å²) >= 11 is 6.03. The molecule has 0 aliphatic carbocycles. The van der Waals surface area contributed by atoms with Crippen LogP contribution >= 0.6 is 11.6 Å². The van der Waals surface area contributed by atoms with E-state index >= 15 is 0 Å². The number of hydrogen-bond donors (Lipinski definition) is 1. The maximum atomic E-state index is 12.9. The smallest absolute Gasteiger partial charge is 0.261 e. The zero-order chi connectivity index (χ0) is 22.0. The third kappa shape index (κ3) is 4.42. The fourth-order valence-electron chi connectivity index (χ4n) is 2.87. The molecule has 0 saturated heterocycles. The van der Waals surface area contributed by atoms with Crippen molar-refractivity contribution in [1.82, 2.24) is 4.98 Å². The molecule has 0 radical (unpaired) electrons. The van der Waals surface area contributed by atoms with Crippen LogP contribution in [-0.4, -0.2) is 19.2 Å². The molecule has 0 amide bonds. The molecule has 0 unspecified atom stereocenters. The number of carbonyl (C=O) groups excluding carboxylic acids is 1. The van der Waals surface area contributed by atoms with E-state index in [1.807, 2.05) is 0 Å². The molecule has 156 valence electrons. The number of pyridine rings is 1. The van der Waals surface area contributed by atoms with Crippen LogP contribution in [0.5, 0.6) is 0 Å². The lowest BCUT2D eigenvalue weighted by atomic mass is 10.0. The summed E-state index contributed by atoms with van der Waals surface area (Å²) in [4.78, 5) is 16.7. The lowest BCUT2D eigenvalue weighted by Crippen LogP contribution is -2.24. The molecule has 10 heteroatoms. The molecule has 0 spiro atoms. The van der Waals surface area contributed by atoms with E-state index in [-0.39, 0.29) is 26.7 Å². The number of aromatic nitrogens is 2. The van der Waals surface area contributed by atoms with Crippen LogP contribution in [0.3, 0.4) is 0 Å². The standard InChI is InChI=1S/C21H14ClN3O5S/c22-16-3-6-19(18(11-16)21(26)15-7-9-25(27)10-8-15)24-31(28,29)17-4-1-14(2-5-17)20-12-23-13-30-20/h1-13,24H. The molecule has 2 aromatic heterocycles. The van der Waals surface area contributed by atoms with Gasteiger partial charge in [-0.25, -0.2) is 13.4 Å². The van der Waals surface area contributed by atoms with E-state index in [0.29, 0.717) is 16.1 Å². The Hall–Kier alpha value is -3.69.